The molecule has 2 unspecified atom stereocenters. The van der Waals surface area contributed by atoms with Gasteiger partial charge in [-0.1, -0.05) is 38.0 Å². The van der Waals surface area contributed by atoms with Crippen LogP contribution in [-0.4, -0.2) is 16.5 Å². The molecule has 0 fully saturated rings. The molecular formula is C15H22O4S2. The summed E-state index contributed by atoms with van der Waals surface area (Å²) in [6.07, 6.45) is 2.48. The van der Waals surface area contributed by atoms with Crippen molar-refractivity contribution in [1.29, 1.82) is 0 Å². The molecule has 1 aromatic rings. The number of ether oxygens (including phenoxy) is 1. The van der Waals surface area contributed by atoms with Gasteiger partial charge in [-0.3, -0.25) is 4.79 Å². The zero-order chi connectivity index (χ0) is 15.9. The number of unbranched alkanes of at least 4 members (excludes halogenated alkanes) is 2. The van der Waals surface area contributed by atoms with Gasteiger partial charge in [-0.2, -0.15) is 0 Å². The number of hydrogen-bond donors (Lipinski definition) is 0. The predicted molar refractivity (Wildman–Crippen MR) is 85.7 cm³/mol. The summed E-state index contributed by atoms with van der Waals surface area (Å²) in [5.74, 6) is -0.466. The molecule has 0 amide bonds. The van der Waals surface area contributed by atoms with E-state index in [1.807, 2.05) is 19.1 Å². The molecule has 0 saturated heterocycles. The van der Waals surface area contributed by atoms with E-state index in [0.717, 1.165) is 24.8 Å². The van der Waals surface area contributed by atoms with Crippen LogP contribution in [0.4, 0.5) is 0 Å². The molecule has 0 aromatic heterocycles. The largest absolute Gasteiger partial charge is 0.435 e. The summed E-state index contributed by atoms with van der Waals surface area (Å²) in [5.41, 5.74) is 0.799. The molecule has 0 heterocycles. The Morgan fingerprint density at radius 1 is 1.33 bits per heavy atom. The molecular weight excluding hydrogens is 308 g/mol. The molecule has 0 spiro atoms. The van der Waals surface area contributed by atoms with Crippen molar-refractivity contribution in [3.05, 3.63) is 29.8 Å². The first-order chi connectivity index (χ1) is 9.86. The molecule has 21 heavy (non-hydrogen) atoms. The number of carbonyl (C=O) groups is 1. The Morgan fingerprint density at radius 2 is 2.00 bits per heavy atom. The van der Waals surface area contributed by atoms with Crippen LogP contribution in [0, 0.1) is 6.92 Å². The van der Waals surface area contributed by atoms with E-state index in [2.05, 4.69) is 6.92 Å². The molecule has 6 heteroatoms. The molecule has 0 saturated carbocycles. The van der Waals surface area contributed by atoms with Crippen LogP contribution in [0.15, 0.2) is 29.2 Å². The molecule has 0 aliphatic heterocycles. The summed E-state index contributed by atoms with van der Waals surface area (Å²) < 4.78 is 23.2. The zero-order valence-corrected chi connectivity index (χ0v) is 14.3. The Balaban J connectivity index is 2.85. The van der Waals surface area contributed by atoms with Crippen molar-refractivity contribution < 1.29 is 17.9 Å². The van der Waals surface area contributed by atoms with Crippen LogP contribution in [0.25, 0.3) is 0 Å². The third-order valence-electron chi connectivity index (χ3n) is 2.94. The molecule has 0 bridgehead atoms. The fourth-order valence-corrected chi connectivity index (χ4v) is 3.96. The van der Waals surface area contributed by atoms with Crippen molar-refractivity contribution in [3.63, 3.8) is 0 Å². The number of aryl methyl sites for hydroxylation is 1. The number of carbonyl (C=O) groups excluding carboxylic acids is 1. The van der Waals surface area contributed by atoms with Gasteiger partial charge < -0.3 is 4.74 Å². The van der Waals surface area contributed by atoms with Crippen molar-refractivity contribution in [2.24, 2.45) is 0 Å². The highest BCUT2D eigenvalue weighted by atomic mass is 32.8. The first-order valence-corrected chi connectivity index (χ1v) is 9.43. The molecule has 2 atom stereocenters. The monoisotopic (exact) mass is 330 g/mol. The predicted octanol–water partition coefficient (Wildman–Crippen LogP) is 3.50. The Kier molecular flexibility index (Phi) is 7.28. The maximum absolute atomic E-state index is 12.6. The zero-order valence-electron chi connectivity index (χ0n) is 12.7. The fraction of sp³-hybridized carbons (Fsp3) is 0.533. The average Bonchev–Trinajstić information content (AvgIpc) is 2.38. The van der Waals surface area contributed by atoms with E-state index in [1.54, 1.807) is 12.1 Å². The quantitative estimate of drug-likeness (QED) is 0.415. The number of rotatable bonds is 8. The van der Waals surface area contributed by atoms with Crippen LogP contribution in [-0.2, 0) is 33.7 Å². The van der Waals surface area contributed by atoms with E-state index in [9.17, 15) is 9.00 Å². The van der Waals surface area contributed by atoms with Gasteiger partial charge in [-0.05, 0) is 25.0 Å². The first kappa shape index (κ1) is 18.1. The Labute approximate surface area is 131 Å². The van der Waals surface area contributed by atoms with Gasteiger partial charge in [0.05, 0.1) is 4.90 Å². The second-order valence-electron chi connectivity index (χ2n) is 4.85. The summed E-state index contributed by atoms with van der Waals surface area (Å²) in [4.78, 5) is 11.6. The molecule has 118 valence electrons. The highest BCUT2D eigenvalue weighted by Gasteiger charge is 2.22. The summed E-state index contributed by atoms with van der Waals surface area (Å²) >= 11 is 5.12. The van der Waals surface area contributed by atoms with Gasteiger partial charge in [0, 0.05) is 24.5 Å². The van der Waals surface area contributed by atoms with E-state index in [0.29, 0.717) is 11.3 Å². The fourth-order valence-electron chi connectivity index (χ4n) is 1.90. The standard InChI is InChI=1S/C15H22O4S2/c1-4-5-6-11-15(18-13(3)16)19-21(17,20)14-10-8-7-9-12(14)2/h7-10,15H,4-6,11H2,1-3H3. The Hall–Kier alpha value is -0.980. The molecule has 0 aliphatic rings. The van der Waals surface area contributed by atoms with Crippen LogP contribution >= 0.6 is 0 Å². The third-order valence-corrected chi connectivity index (χ3v) is 5.18. The molecule has 4 nitrogen and oxygen atoms in total. The maximum Gasteiger partial charge on any atom is 0.304 e. The topological polar surface area (TPSA) is 52.6 Å². The molecule has 0 N–H and O–H groups in total. The van der Waals surface area contributed by atoms with Gasteiger partial charge in [-0.25, -0.2) is 8.39 Å². The normalized spacial score (nSPS) is 15.2. The summed E-state index contributed by atoms with van der Waals surface area (Å²) in [5, 5.41) is 0. The van der Waals surface area contributed by atoms with Crippen molar-refractivity contribution in [2.45, 2.75) is 57.6 Å². The smallest absolute Gasteiger partial charge is 0.304 e. The second-order valence-corrected chi connectivity index (χ2v) is 7.71. The summed E-state index contributed by atoms with van der Waals surface area (Å²) in [7, 11) is -3.12. The lowest BCUT2D eigenvalue weighted by Gasteiger charge is -2.19. The van der Waals surface area contributed by atoms with Gasteiger partial charge in [0.25, 0.3) is 0 Å². The highest BCUT2D eigenvalue weighted by Crippen LogP contribution is 2.21. The van der Waals surface area contributed by atoms with Gasteiger partial charge in [0.1, 0.15) is 0 Å². The molecule has 1 aromatic carbocycles. The lowest BCUT2D eigenvalue weighted by Crippen LogP contribution is -2.23. The molecule has 0 aliphatic carbocycles. The maximum atomic E-state index is 12.6. The Bertz CT molecular complexity index is 567. The highest BCUT2D eigenvalue weighted by molar-refractivity contribution is 8.30. The van der Waals surface area contributed by atoms with Crippen molar-refractivity contribution in [2.75, 3.05) is 0 Å². The van der Waals surface area contributed by atoms with Crippen molar-refractivity contribution in [3.8, 4) is 0 Å². The van der Waals surface area contributed by atoms with Crippen molar-refractivity contribution in [1.82, 2.24) is 0 Å². The van der Waals surface area contributed by atoms with Crippen molar-refractivity contribution >= 4 is 25.9 Å². The van der Waals surface area contributed by atoms with Crippen LogP contribution in [0.1, 0.15) is 45.1 Å². The minimum absolute atomic E-state index is 0.465. The van der Waals surface area contributed by atoms with Crippen LogP contribution in [0.3, 0.4) is 0 Å². The molecule has 1 rings (SSSR count). The van der Waals surface area contributed by atoms with Crippen LogP contribution in [0.2, 0.25) is 0 Å². The van der Waals surface area contributed by atoms with Crippen LogP contribution in [0.5, 0.6) is 0 Å². The van der Waals surface area contributed by atoms with E-state index >= 15 is 0 Å². The van der Waals surface area contributed by atoms with Gasteiger partial charge >= 0.3 is 5.97 Å². The van der Waals surface area contributed by atoms with E-state index in [1.165, 1.54) is 6.92 Å². The second kappa shape index (κ2) is 8.46. The molecule has 0 radical (unpaired) electrons. The number of esters is 1. The lowest BCUT2D eigenvalue weighted by molar-refractivity contribution is -0.160. The third kappa shape index (κ3) is 6.11. The minimum atomic E-state index is -3.12. The van der Waals surface area contributed by atoms with Gasteiger partial charge in [0.15, 0.2) is 8.77 Å². The van der Waals surface area contributed by atoms with E-state index < -0.39 is 21.0 Å². The van der Waals surface area contributed by atoms with Crippen LogP contribution < -0.4 is 0 Å². The van der Waals surface area contributed by atoms with Gasteiger partial charge in [0.2, 0.25) is 6.29 Å². The van der Waals surface area contributed by atoms with Gasteiger partial charge in [-0.15, -0.1) is 0 Å². The first-order valence-electron chi connectivity index (χ1n) is 7.03. The number of benzene rings is 1. The lowest BCUT2D eigenvalue weighted by atomic mass is 10.2. The average molecular weight is 330 g/mol. The van der Waals surface area contributed by atoms with E-state index in [4.69, 9.17) is 20.1 Å². The number of hydrogen-bond acceptors (Lipinski definition) is 5. The Morgan fingerprint density at radius 3 is 2.57 bits per heavy atom. The van der Waals surface area contributed by atoms with E-state index in [-0.39, 0.29) is 0 Å². The SMILES string of the molecule is CCCCCC(OC(C)=O)OS(=O)(=S)c1ccccc1C. The minimum Gasteiger partial charge on any atom is -0.435 e. The summed E-state index contributed by atoms with van der Waals surface area (Å²) in [6.45, 7) is 5.20. The summed E-state index contributed by atoms with van der Waals surface area (Å²) in [6, 6.07) is 7.11.